The quantitative estimate of drug-likeness (QED) is 0.327. The van der Waals surface area contributed by atoms with Gasteiger partial charge in [-0.2, -0.15) is 0 Å². The van der Waals surface area contributed by atoms with Gasteiger partial charge in [0.25, 0.3) is 5.91 Å². The number of fused-ring (bicyclic) bond motifs is 2. The predicted molar refractivity (Wildman–Crippen MR) is 163 cm³/mol. The molecule has 2 aliphatic carbocycles. The van der Waals surface area contributed by atoms with Crippen molar-refractivity contribution < 1.29 is 24.5 Å². The zero-order chi connectivity index (χ0) is 29.6. The van der Waals surface area contributed by atoms with Gasteiger partial charge in [0, 0.05) is 48.6 Å². The molecule has 6 rings (SSSR count). The lowest BCUT2D eigenvalue weighted by molar-refractivity contribution is -0.144. The third-order valence-electron chi connectivity index (χ3n) is 9.48. The standard InChI is InChI=1S/C33H39N3O5S/c1-20-4-9-28(41-16-25-8-5-22(13-21(25)2)30(38)35(3)18-33(19-37)10-11-33)26(12-20)27-17-42-32(34-27)36-14-23-6-7-24(15-36)29(23)31(39)40/h4-5,8-9,12-13,17,23-24,29,37H,6-7,10-11,14-16,18-19H2,1-3H3,(H,39,40). The Kier molecular flexibility index (Phi) is 7.74. The minimum absolute atomic E-state index is 0.0364. The minimum atomic E-state index is -0.656. The number of anilines is 1. The normalized spacial score (nSPS) is 22.2. The van der Waals surface area contributed by atoms with Gasteiger partial charge in [-0.3, -0.25) is 9.59 Å². The lowest BCUT2D eigenvalue weighted by Gasteiger charge is -2.35. The first kappa shape index (κ1) is 28.7. The van der Waals surface area contributed by atoms with Gasteiger partial charge in [0.2, 0.25) is 0 Å². The van der Waals surface area contributed by atoms with Crippen molar-refractivity contribution in [2.24, 2.45) is 23.2 Å². The van der Waals surface area contributed by atoms with E-state index in [-0.39, 0.29) is 35.7 Å². The number of piperidine rings is 1. The number of amides is 1. The van der Waals surface area contributed by atoms with Gasteiger partial charge < -0.3 is 24.7 Å². The maximum Gasteiger partial charge on any atom is 0.307 e. The molecule has 8 nitrogen and oxygen atoms in total. The van der Waals surface area contributed by atoms with Crippen LogP contribution in [0.2, 0.25) is 0 Å². The monoisotopic (exact) mass is 589 g/mol. The highest BCUT2D eigenvalue weighted by molar-refractivity contribution is 7.14. The van der Waals surface area contributed by atoms with E-state index in [1.54, 1.807) is 23.3 Å². The molecule has 2 N–H and O–H groups in total. The second-order valence-electron chi connectivity index (χ2n) is 12.6. The Balaban J connectivity index is 1.14. The SMILES string of the molecule is Cc1ccc(OCc2ccc(C(=O)N(C)CC3(CO)CC3)cc2C)c(-c2csc(N3CC4CCC(C3)C4C(=O)O)n2)c1. The van der Waals surface area contributed by atoms with Crippen LogP contribution in [-0.4, -0.2) is 65.3 Å². The molecule has 3 aliphatic rings. The van der Waals surface area contributed by atoms with Crippen molar-refractivity contribution in [2.75, 3.05) is 38.2 Å². The molecule has 2 unspecified atom stereocenters. The number of thiazole rings is 1. The van der Waals surface area contributed by atoms with Gasteiger partial charge in [-0.05, 0) is 86.8 Å². The summed E-state index contributed by atoms with van der Waals surface area (Å²) in [5, 5.41) is 22.3. The number of aromatic nitrogens is 1. The Labute approximate surface area is 251 Å². The van der Waals surface area contributed by atoms with Crippen molar-refractivity contribution in [3.63, 3.8) is 0 Å². The molecule has 2 bridgehead atoms. The fourth-order valence-corrected chi connectivity index (χ4v) is 7.62. The molecule has 1 aliphatic heterocycles. The number of aliphatic carboxylic acids is 1. The van der Waals surface area contributed by atoms with E-state index in [4.69, 9.17) is 9.72 Å². The van der Waals surface area contributed by atoms with Crippen molar-refractivity contribution >= 4 is 28.3 Å². The summed E-state index contributed by atoms with van der Waals surface area (Å²) in [4.78, 5) is 33.8. The van der Waals surface area contributed by atoms with E-state index in [1.165, 1.54) is 0 Å². The van der Waals surface area contributed by atoms with Crippen LogP contribution >= 0.6 is 11.3 Å². The van der Waals surface area contributed by atoms with E-state index >= 15 is 0 Å². The molecule has 2 atom stereocenters. The van der Waals surface area contributed by atoms with Crippen molar-refractivity contribution in [3.05, 3.63) is 64.0 Å². The van der Waals surface area contributed by atoms with Crippen molar-refractivity contribution in [1.29, 1.82) is 0 Å². The fraction of sp³-hybridized carbons (Fsp3) is 0.485. The molecule has 1 amide bonds. The van der Waals surface area contributed by atoms with Crippen molar-refractivity contribution in [3.8, 4) is 17.0 Å². The third-order valence-corrected chi connectivity index (χ3v) is 10.4. The van der Waals surface area contributed by atoms with Crippen LogP contribution in [0.3, 0.4) is 0 Å². The minimum Gasteiger partial charge on any atom is -0.488 e. The lowest BCUT2D eigenvalue weighted by Crippen LogP contribution is -2.44. The number of hydrogen-bond donors (Lipinski definition) is 2. The Morgan fingerprint density at radius 1 is 1.12 bits per heavy atom. The molecule has 2 aromatic carbocycles. The largest absolute Gasteiger partial charge is 0.488 e. The first-order valence-corrected chi connectivity index (χ1v) is 15.7. The highest BCUT2D eigenvalue weighted by Crippen LogP contribution is 2.46. The number of hydrogen-bond acceptors (Lipinski definition) is 7. The van der Waals surface area contributed by atoms with Crippen LogP contribution in [0.4, 0.5) is 5.13 Å². The number of benzene rings is 2. The summed E-state index contributed by atoms with van der Waals surface area (Å²) in [5.74, 6) is 0.206. The van der Waals surface area contributed by atoms with Gasteiger partial charge in [0.15, 0.2) is 5.13 Å². The van der Waals surface area contributed by atoms with E-state index in [1.807, 2.05) is 37.3 Å². The summed E-state index contributed by atoms with van der Waals surface area (Å²) < 4.78 is 6.35. The molecule has 3 fully saturated rings. The number of carboxylic acids is 1. The molecule has 1 saturated heterocycles. The number of aliphatic hydroxyl groups excluding tert-OH is 1. The fourth-order valence-electron chi connectivity index (χ4n) is 6.77. The van der Waals surface area contributed by atoms with Gasteiger partial charge in [0.1, 0.15) is 12.4 Å². The molecule has 9 heteroatoms. The number of carboxylic acid groups (broad SMARTS) is 1. The van der Waals surface area contributed by atoms with E-state index in [9.17, 15) is 19.8 Å². The smallest absolute Gasteiger partial charge is 0.307 e. The topological polar surface area (TPSA) is 103 Å². The van der Waals surface area contributed by atoms with Gasteiger partial charge in [-0.1, -0.05) is 17.7 Å². The zero-order valence-corrected chi connectivity index (χ0v) is 25.3. The van der Waals surface area contributed by atoms with Crippen LogP contribution in [0, 0.1) is 37.0 Å². The van der Waals surface area contributed by atoms with E-state index in [2.05, 4.69) is 23.3 Å². The Morgan fingerprint density at radius 3 is 2.50 bits per heavy atom. The number of rotatable bonds is 10. The molecule has 1 aromatic heterocycles. The van der Waals surface area contributed by atoms with Gasteiger partial charge in [-0.15, -0.1) is 11.3 Å². The third kappa shape index (κ3) is 5.64. The van der Waals surface area contributed by atoms with Crippen LogP contribution in [-0.2, 0) is 11.4 Å². The van der Waals surface area contributed by atoms with Crippen LogP contribution in [0.25, 0.3) is 11.3 Å². The van der Waals surface area contributed by atoms with Crippen molar-refractivity contribution in [2.45, 2.75) is 46.1 Å². The van der Waals surface area contributed by atoms with Crippen LogP contribution in [0.5, 0.6) is 5.75 Å². The average Bonchev–Trinajstić information content (AvgIpc) is 3.46. The maximum atomic E-state index is 13.0. The van der Waals surface area contributed by atoms with E-state index < -0.39 is 5.97 Å². The Hall–Kier alpha value is -3.43. The summed E-state index contributed by atoms with van der Waals surface area (Å²) in [6.45, 7) is 6.59. The molecular formula is C33H39N3O5S. The summed E-state index contributed by atoms with van der Waals surface area (Å²) in [6, 6.07) is 11.8. The summed E-state index contributed by atoms with van der Waals surface area (Å²) in [5.41, 5.74) is 5.42. The summed E-state index contributed by atoms with van der Waals surface area (Å²) in [7, 11) is 1.80. The van der Waals surface area contributed by atoms with Crippen LogP contribution in [0.15, 0.2) is 41.8 Å². The number of ether oxygens (including phenoxy) is 1. The lowest BCUT2D eigenvalue weighted by atomic mass is 9.85. The highest BCUT2D eigenvalue weighted by Gasteiger charge is 2.46. The molecule has 2 heterocycles. The number of carbonyl (C=O) groups is 2. The number of carbonyl (C=O) groups excluding carboxylic acids is 1. The first-order chi connectivity index (χ1) is 20.2. The maximum absolute atomic E-state index is 13.0. The van der Waals surface area contributed by atoms with E-state index in [0.717, 1.165) is 77.6 Å². The molecule has 2 saturated carbocycles. The Bertz CT molecular complexity index is 1480. The van der Waals surface area contributed by atoms with Gasteiger partial charge >= 0.3 is 5.97 Å². The highest BCUT2D eigenvalue weighted by atomic mass is 32.1. The summed E-state index contributed by atoms with van der Waals surface area (Å²) in [6.07, 6.45) is 3.88. The Morgan fingerprint density at radius 2 is 1.86 bits per heavy atom. The predicted octanol–water partition coefficient (Wildman–Crippen LogP) is 5.40. The van der Waals surface area contributed by atoms with Crippen LogP contribution in [0.1, 0.15) is 52.7 Å². The molecule has 0 radical (unpaired) electrons. The van der Waals surface area contributed by atoms with Gasteiger partial charge in [-0.25, -0.2) is 4.98 Å². The first-order valence-electron chi connectivity index (χ1n) is 14.8. The number of nitrogens with zero attached hydrogens (tertiary/aromatic N) is 3. The molecule has 42 heavy (non-hydrogen) atoms. The zero-order valence-electron chi connectivity index (χ0n) is 24.5. The molecule has 3 aromatic rings. The van der Waals surface area contributed by atoms with E-state index in [0.29, 0.717) is 18.7 Å². The number of aliphatic hydroxyl groups is 1. The molecular weight excluding hydrogens is 550 g/mol. The van der Waals surface area contributed by atoms with Gasteiger partial charge in [0.05, 0.1) is 18.2 Å². The summed E-state index contributed by atoms with van der Waals surface area (Å²) >= 11 is 1.60. The average molecular weight is 590 g/mol. The number of aryl methyl sites for hydroxylation is 2. The van der Waals surface area contributed by atoms with Crippen molar-refractivity contribution in [1.82, 2.24) is 9.88 Å². The second-order valence-corrected chi connectivity index (χ2v) is 13.5. The second kappa shape index (κ2) is 11.3. The molecule has 222 valence electrons. The van der Waals surface area contributed by atoms with Crippen LogP contribution < -0.4 is 9.64 Å². The molecule has 0 spiro atoms.